The predicted molar refractivity (Wildman–Crippen MR) is 90.7 cm³/mol. The van der Waals surface area contributed by atoms with Gasteiger partial charge in [-0.2, -0.15) is 4.31 Å². The minimum absolute atomic E-state index is 0.0968. The van der Waals surface area contributed by atoms with E-state index in [1.165, 1.54) is 10.4 Å². The van der Waals surface area contributed by atoms with Crippen LogP contribution in [0.15, 0.2) is 39.8 Å². The standard InChI is InChI=1S/C17H17N3O5S/c21-14-17(19-15(22)18-14)7-3-6-16(17)9-20(10-16)26(23,24)13-8-11-4-1-2-5-12(11)25-13/h1-2,4-5,8H,3,6-7,9-10H2,(H2,18,19,21,22). The minimum Gasteiger partial charge on any atom is -0.443 e. The van der Waals surface area contributed by atoms with Crippen LogP contribution in [0.1, 0.15) is 19.3 Å². The van der Waals surface area contributed by atoms with E-state index in [1.807, 2.05) is 6.07 Å². The fourth-order valence-corrected chi connectivity index (χ4v) is 6.21. The zero-order valence-corrected chi connectivity index (χ0v) is 14.6. The van der Waals surface area contributed by atoms with Crippen LogP contribution in [0, 0.1) is 5.41 Å². The summed E-state index contributed by atoms with van der Waals surface area (Å²) in [6.07, 6.45) is 2.00. The number of para-hydroxylation sites is 1. The van der Waals surface area contributed by atoms with E-state index in [0.717, 1.165) is 11.8 Å². The Hall–Kier alpha value is -2.39. The Balaban J connectivity index is 1.45. The monoisotopic (exact) mass is 375 g/mol. The van der Waals surface area contributed by atoms with Crippen LogP contribution < -0.4 is 10.6 Å². The number of carbonyl (C=O) groups excluding carboxylic acids is 2. The summed E-state index contributed by atoms with van der Waals surface area (Å²) in [5.41, 5.74) is -1.03. The van der Waals surface area contributed by atoms with Crippen molar-refractivity contribution in [1.29, 1.82) is 0 Å². The fourth-order valence-electron chi connectivity index (χ4n) is 4.65. The van der Waals surface area contributed by atoms with Crippen molar-refractivity contribution in [3.8, 4) is 0 Å². The highest BCUT2D eigenvalue weighted by Gasteiger charge is 2.69. The van der Waals surface area contributed by atoms with Gasteiger partial charge in [0.05, 0.1) is 0 Å². The van der Waals surface area contributed by atoms with Crippen LogP contribution in [0.25, 0.3) is 11.0 Å². The van der Waals surface area contributed by atoms with Crippen LogP contribution in [0.3, 0.4) is 0 Å². The number of carbonyl (C=O) groups is 2. The van der Waals surface area contributed by atoms with Gasteiger partial charge in [-0.25, -0.2) is 13.2 Å². The summed E-state index contributed by atoms with van der Waals surface area (Å²) in [6, 6.07) is 8.12. The molecule has 3 fully saturated rings. The Kier molecular flexibility index (Phi) is 2.96. The summed E-state index contributed by atoms with van der Waals surface area (Å²) >= 11 is 0. The summed E-state index contributed by atoms with van der Waals surface area (Å²) < 4.78 is 32.7. The lowest BCUT2D eigenvalue weighted by molar-refractivity contribution is -0.131. The van der Waals surface area contributed by atoms with Gasteiger partial charge in [-0.05, 0) is 25.3 Å². The second kappa shape index (κ2) is 4.86. The highest BCUT2D eigenvalue weighted by atomic mass is 32.2. The smallest absolute Gasteiger partial charge is 0.322 e. The Morgan fingerprint density at radius 2 is 1.88 bits per heavy atom. The molecule has 1 aromatic heterocycles. The van der Waals surface area contributed by atoms with Crippen molar-refractivity contribution in [1.82, 2.24) is 14.9 Å². The number of hydrogen-bond acceptors (Lipinski definition) is 5. The Labute approximate surface area is 149 Å². The van der Waals surface area contributed by atoms with Crippen molar-refractivity contribution in [2.24, 2.45) is 5.41 Å². The SMILES string of the molecule is O=C1NC(=O)C2(CCCC23CN(S(=O)(=O)c2cc4ccccc4o2)C3)N1. The molecule has 1 unspecified atom stereocenters. The molecule has 5 rings (SSSR count). The molecular formula is C17H17N3O5S. The maximum absolute atomic E-state index is 12.9. The summed E-state index contributed by atoms with van der Waals surface area (Å²) in [5, 5.41) is 5.69. The molecule has 9 heteroatoms. The van der Waals surface area contributed by atoms with E-state index >= 15 is 0 Å². The number of imide groups is 1. The molecule has 2 spiro atoms. The van der Waals surface area contributed by atoms with Crippen LogP contribution in [0.2, 0.25) is 0 Å². The van der Waals surface area contributed by atoms with Gasteiger partial charge in [-0.1, -0.05) is 18.2 Å². The lowest BCUT2D eigenvalue weighted by Crippen LogP contribution is -2.71. The van der Waals surface area contributed by atoms with Gasteiger partial charge in [0, 0.05) is 30.0 Å². The van der Waals surface area contributed by atoms with Crippen LogP contribution in [-0.2, 0) is 14.8 Å². The first kappa shape index (κ1) is 15.8. The molecule has 2 aliphatic heterocycles. The van der Waals surface area contributed by atoms with Gasteiger partial charge >= 0.3 is 6.03 Å². The quantitative estimate of drug-likeness (QED) is 0.767. The molecule has 3 amide bonds. The van der Waals surface area contributed by atoms with E-state index in [9.17, 15) is 18.0 Å². The van der Waals surface area contributed by atoms with E-state index in [2.05, 4.69) is 10.6 Å². The fraction of sp³-hybridized carbons (Fsp3) is 0.412. The summed E-state index contributed by atoms with van der Waals surface area (Å²) in [4.78, 5) is 24.0. The minimum atomic E-state index is -3.78. The highest BCUT2D eigenvalue weighted by molar-refractivity contribution is 7.89. The van der Waals surface area contributed by atoms with Crippen molar-refractivity contribution >= 4 is 32.9 Å². The second-order valence-electron chi connectivity index (χ2n) is 7.32. The third-order valence-corrected chi connectivity index (χ3v) is 7.66. The van der Waals surface area contributed by atoms with Gasteiger partial charge in [-0.15, -0.1) is 0 Å². The maximum Gasteiger partial charge on any atom is 0.322 e. The lowest BCUT2D eigenvalue weighted by Gasteiger charge is -2.53. The van der Waals surface area contributed by atoms with Crippen molar-refractivity contribution < 1.29 is 22.4 Å². The number of nitrogens with one attached hydrogen (secondary N) is 2. The van der Waals surface area contributed by atoms with Crippen LogP contribution in [0.4, 0.5) is 4.79 Å². The number of fused-ring (bicyclic) bond motifs is 2. The molecule has 8 nitrogen and oxygen atoms in total. The number of benzene rings is 1. The second-order valence-corrected chi connectivity index (χ2v) is 9.19. The molecule has 3 heterocycles. The predicted octanol–water partition coefficient (Wildman–Crippen LogP) is 1.19. The topological polar surface area (TPSA) is 109 Å². The molecule has 0 bridgehead atoms. The number of urea groups is 1. The van der Waals surface area contributed by atoms with Crippen molar-refractivity contribution in [3.05, 3.63) is 30.3 Å². The molecule has 1 atom stereocenters. The molecule has 2 aromatic rings. The first-order valence-electron chi connectivity index (χ1n) is 8.49. The van der Waals surface area contributed by atoms with Gasteiger partial charge in [0.25, 0.3) is 15.9 Å². The van der Waals surface area contributed by atoms with Gasteiger partial charge in [0.2, 0.25) is 5.09 Å². The average molecular weight is 375 g/mol. The summed E-state index contributed by atoms with van der Waals surface area (Å²) in [6.45, 7) is 0.389. The molecule has 1 saturated carbocycles. The molecule has 2 N–H and O–H groups in total. The van der Waals surface area contributed by atoms with Crippen LogP contribution in [-0.4, -0.2) is 43.3 Å². The molecule has 26 heavy (non-hydrogen) atoms. The third-order valence-electron chi connectivity index (χ3n) is 6.01. The number of furan rings is 1. The molecule has 2 saturated heterocycles. The number of nitrogens with zero attached hydrogens (tertiary/aromatic N) is 1. The Morgan fingerprint density at radius 1 is 1.12 bits per heavy atom. The molecule has 3 aliphatic rings. The third kappa shape index (κ3) is 1.84. The average Bonchev–Trinajstić information content (AvgIpc) is 3.22. The van der Waals surface area contributed by atoms with Gasteiger partial charge < -0.3 is 9.73 Å². The van der Waals surface area contributed by atoms with Gasteiger partial charge in [0.15, 0.2) is 0 Å². The number of rotatable bonds is 2. The number of sulfonamides is 1. The van der Waals surface area contributed by atoms with Gasteiger partial charge in [-0.3, -0.25) is 10.1 Å². The van der Waals surface area contributed by atoms with E-state index < -0.39 is 27.0 Å². The maximum atomic E-state index is 12.9. The first-order valence-corrected chi connectivity index (χ1v) is 9.93. The van der Waals surface area contributed by atoms with Crippen molar-refractivity contribution in [2.75, 3.05) is 13.1 Å². The van der Waals surface area contributed by atoms with Gasteiger partial charge in [0.1, 0.15) is 11.1 Å². The normalized spacial score (nSPS) is 27.8. The molecule has 1 aromatic carbocycles. The van der Waals surface area contributed by atoms with Crippen LogP contribution in [0.5, 0.6) is 0 Å². The van der Waals surface area contributed by atoms with E-state index in [4.69, 9.17) is 4.42 Å². The zero-order chi connectivity index (χ0) is 18.2. The Bertz CT molecular complexity index is 1020. The van der Waals surface area contributed by atoms with Crippen LogP contribution >= 0.6 is 0 Å². The lowest BCUT2D eigenvalue weighted by atomic mass is 9.67. The molecule has 136 valence electrons. The number of hydrogen-bond donors (Lipinski definition) is 2. The molecular weight excluding hydrogens is 358 g/mol. The summed E-state index contributed by atoms with van der Waals surface area (Å²) in [5.74, 6) is -0.346. The van der Waals surface area contributed by atoms with Crippen molar-refractivity contribution in [2.45, 2.75) is 29.9 Å². The Morgan fingerprint density at radius 3 is 2.58 bits per heavy atom. The largest absolute Gasteiger partial charge is 0.443 e. The van der Waals surface area contributed by atoms with E-state index in [-0.39, 0.29) is 24.1 Å². The molecule has 0 radical (unpaired) electrons. The van der Waals surface area contributed by atoms with E-state index in [1.54, 1.807) is 18.2 Å². The van der Waals surface area contributed by atoms with Crippen molar-refractivity contribution in [3.63, 3.8) is 0 Å². The number of amides is 3. The zero-order valence-electron chi connectivity index (χ0n) is 13.8. The molecule has 1 aliphatic carbocycles. The highest BCUT2D eigenvalue weighted by Crippen LogP contribution is 2.54. The summed E-state index contributed by atoms with van der Waals surface area (Å²) in [7, 11) is -3.78. The van der Waals surface area contributed by atoms with E-state index in [0.29, 0.717) is 18.4 Å². The first-order chi connectivity index (χ1) is 12.4.